The van der Waals surface area contributed by atoms with E-state index < -0.39 is 0 Å². The lowest BCUT2D eigenvalue weighted by Gasteiger charge is -1.94. The lowest BCUT2D eigenvalue weighted by molar-refractivity contribution is 0.568. The molecule has 0 fully saturated rings. The molecule has 1 rings (SSSR count). The van der Waals surface area contributed by atoms with E-state index in [9.17, 15) is 4.79 Å². The van der Waals surface area contributed by atoms with Crippen molar-refractivity contribution in [1.82, 2.24) is 0 Å². The highest BCUT2D eigenvalue weighted by Crippen LogP contribution is 2.10. The summed E-state index contributed by atoms with van der Waals surface area (Å²) in [5.41, 5.74) is 1.03. The lowest BCUT2D eigenvalue weighted by Crippen LogP contribution is -1.79. The Balaban J connectivity index is 2.79. The Labute approximate surface area is 70.3 Å². The number of hydrogen-bond donors (Lipinski definition) is 0. The van der Waals surface area contributed by atoms with Gasteiger partial charge in [-0.1, -0.05) is 23.7 Å². The summed E-state index contributed by atoms with van der Waals surface area (Å²) in [6, 6.07) is 7.40. The average molecular weight is 167 g/mol. The molecule has 2 heteroatoms. The van der Waals surface area contributed by atoms with Crippen molar-refractivity contribution in [2.45, 2.75) is 6.42 Å². The highest BCUT2D eigenvalue weighted by Gasteiger charge is 1.89. The van der Waals surface area contributed by atoms with Crippen LogP contribution in [0.5, 0.6) is 0 Å². The SMILES string of the molecule is O=C=CCc1cccc(Cl)c1. The van der Waals surface area contributed by atoms with E-state index in [4.69, 9.17) is 11.6 Å². The molecule has 0 aliphatic rings. The van der Waals surface area contributed by atoms with Crippen molar-refractivity contribution in [1.29, 1.82) is 0 Å². The van der Waals surface area contributed by atoms with Gasteiger partial charge in [0.05, 0.1) is 0 Å². The van der Waals surface area contributed by atoms with Crippen LogP contribution in [0.2, 0.25) is 5.02 Å². The van der Waals surface area contributed by atoms with E-state index in [1.807, 2.05) is 18.2 Å². The normalized spacial score (nSPS) is 8.82. The molecule has 0 amide bonds. The van der Waals surface area contributed by atoms with Gasteiger partial charge in [0.15, 0.2) is 0 Å². The van der Waals surface area contributed by atoms with Crippen molar-refractivity contribution in [3.8, 4) is 0 Å². The summed E-state index contributed by atoms with van der Waals surface area (Å²) in [5.74, 6) is 1.72. The van der Waals surface area contributed by atoms with Crippen molar-refractivity contribution in [3.63, 3.8) is 0 Å². The Morgan fingerprint density at radius 2 is 2.36 bits per heavy atom. The molecule has 0 unspecified atom stereocenters. The van der Waals surface area contributed by atoms with Crippen LogP contribution in [-0.2, 0) is 11.2 Å². The van der Waals surface area contributed by atoms with Crippen molar-refractivity contribution in [2.75, 3.05) is 0 Å². The molecular weight excluding hydrogens is 160 g/mol. The number of benzene rings is 1. The molecule has 1 nitrogen and oxygen atoms in total. The van der Waals surface area contributed by atoms with Gasteiger partial charge in [0.1, 0.15) is 5.94 Å². The second-order valence-electron chi connectivity index (χ2n) is 2.16. The third-order valence-electron chi connectivity index (χ3n) is 1.31. The van der Waals surface area contributed by atoms with Crippen LogP contribution in [0.25, 0.3) is 0 Å². The van der Waals surface area contributed by atoms with Crippen LogP contribution in [0.1, 0.15) is 5.56 Å². The summed E-state index contributed by atoms with van der Waals surface area (Å²) in [7, 11) is 0. The molecule has 0 radical (unpaired) electrons. The fourth-order valence-electron chi connectivity index (χ4n) is 0.823. The first-order chi connectivity index (χ1) is 5.33. The number of halogens is 1. The highest BCUT2D eigenvalue weighted by atomic mass is 35.5. The molecule has 0 spiro atoms. The fraction of sp³-hybridized carbons (Fsp3) is 0.111. The Morgan fingerprint density at radius 3 is 3.00 bits per heavy atom. The van der Waals surface area contributed by atoms with Crippen molar-refractivity contribution in [3.05, 3.63) is 40.9 Å². The summed E-state index contributed by atoms with van der Waals surface area (Å²) in [6.45, 7) is 0. The predicted molar refractivity (Wildman–Crippen MR) is 45.4 cm³/mol. The number of carbonyl (C=O) groups excluding carboxylic acids is 1. The average Bonchev–Trinajstić information content (AvgIpc) is 2.01. The van der Waals surface area contributed by atoms with Gasteiger partial charge in [0, 0.05) is 17.5 Å². The largest absolute Gasteiger partial charge is 0.234 e. The van der Waals surface area contributed by atoms with Gasteiger partial charge in [-0.25, -0.2) is 4.79 Å². The Kier molecular flexibility index (Phi) is 2.91. The maximum atomic E-state index is 9.85. The van der Waals surface area contributed by atoms with E-state index in [-0.39, 0.29) is 0 Å². The third kappa shape index (κ3) is 2.58. The lowest BCUT2D eigenvalue weighted by atomic mass is 10.1. The second kappa shape index (κ2) is 3.97. The van der Waals surface area contributed by atoms with E-state index in [1.165, 1.54) is 6.08 Å². The minimum Gasteiger partial charge on any atom is -0.234 e. The number of hydrogen-bond acceptors (Lipinski definition) is 1. The highest BCUT2D eigenvalue weighted by molar-refractivity contribution is 6.30. The first kappa shape index (κ1) is 8.06. The maximum Gasteiger partial charge on any atom is 0.120 e. The Bertz CT molecular complexity index is 287. The van der Waals surface area contributed by atoms with Gasteiger partial charge in [-0.05, 0) is 17.7 Å². The summed E-state index contributed by atoms with van der Waals surface area (Å²) < 4.78 is 0. The van der Waals surface area contributed by atoms with E-state index >= 15 is 0 Å². The zero-order valence-electron chi connectivity index (χ0n) is 5.88. The first-order valence-electron chi connectivity index (χ1n) is 3.26. The van der Waals surface area contributed by atoms with Gasteiger partial charge in [-0.15, -0.1) is 0 Å². The standard InChI is InChI=1S/C9H7ClO/c10-9-5-1-3-8(7-9)4-2-6-11/h1-3,5,7H,4H2. The van der Waals surface area contributed by atoms with Crippen LogP contribution in [0.3, 0.4) is 0 Å². The van der Waals surface area contributed by atoms with Crippen LogP contribution >= 0.6 is 11.6 Å². The molecule has 1 aromatic rings. The van der Waals surface area contributed by atoms with Crippen LogP contribution < -0.4 is 0 Å². The minimum absolute atomic E-state index is 0.601. The summed E-state index contributed by atoms with van der Waals surface area (Å²) in [6.07, 6.45) is 2.04. The van der Waals surface area contributed by atoms with Gasteiger partial charge in [-0.3, -0.25) is 0 Å². The third-order valence-corrected chi connectivity index (χ3v) is 1.55. The quantitative estimate of drug-likeness (QED) is 0.616. The molecule has 0 aliphatic carbocycles. The van der Waals surface area contributed by atoms with E-state index in [0.717, 1.165) is 5.56 Å². The van der Waals surface area contributed by atoms with Gasteiger partial charge in [0.25, 0.3) is 0 Å². The van der Waals surface area contributed by atoms with E-state index in [0.29, 0.717) is 11.4 Å². The topological polar surface area (TPSA) is 17.1 Å². The molecule has 56 valence electrons. The number of allylic oxidation sites excluding steroid dienone is 1. The Morgan fingerprint density at radius 1 is 1.55 bits per heavy atom. The predicted octanol–water partition coefficient (Wildman–Crippen LogP) is 2.27. The fourth-order valence-corrected chi connectivity index (χ4v) is 1.04. The zero-order valence-corrected chi connectivity index (χ0v) is 6.64. The van der Waals surface area contributed by atoms with Crippen molar-refractivity contribution < 1.29 is 4.79 Å². The molecule has 0 N–H and O–H groups in total. The maximum absolute atomic E-state index is 9.85. The van der Waals surface area contributed by atoms with E-state index in [2.05, 4.69) is 0 Å². The second-order valence-corrected chi connectivity index (χ2v) is 2.59. The smallest absolute Gasteiger partial charge is 0.120 e. The zero-order chi connectivity index (χ0) is 8.10. The summed E-state index contributed by atoms with van der Waals surface area (Å²) in [4.78, 5) is 9.85. The molecule has 0 saturated carbocycles. The van der Waals surface area contributed by atoms with Gasteiger partial charge in [-0.2, -0.15) is 0 Å². The molecular formula is C9H7ClO. The first-order valence-corrected chi connectivity index (χ1v) is 3.64. The Hall–Kier alpha value is -1.04. The van der Waals surface area contributed by atoms with Crippen LogP contribution in [-0.4, -0.2) is 5.94 Å². The van der Waals surface area contributed by atoms with Crippen molar-refractivity contribution in [2.24, 2.45) is 0 Å². The summed E-state index contributed by atoms with van der Waals surface area (Å²) >= 11 is 5.71. The van der Waals surface area contributed by atoms with Gasteiger partial charge in [0.2, 0.25) is 0 Å². The van der Waals surface area contributed by atoms with Crippen molar-refractivity contribution >= 4 is 17.5 Å². The van der Waals surface area contributed by atoms with Crippen LogP contribution in [0, 0.1) is 0 Å². The molecule has 0 atom stereocenters. The van der Waals surface area contributed by atoms with Crippen LogP contribution in [0.15, 0.2) is 30.3 Å². The monoisotopic (exact) mass is 166 g/mol. The molecule has 1 aromatic carbocycles. The molecule has 0 heterocycles. The molecule has 0 aromatic heterocycles. The van der Waals surface area contributed by atoms with Gasteiger partial charge >= 0.3 is 0 Å². The minimum atomic E-state index is 0.601. The van der Waals surface area contributed by atoms with E-state index in [1.54, 1.807) is 12.0 Å². The molecule has 0 saturated heterocycles. The van der Waals surface area contributed by atoms with Crippen LogP contribution in [0.4, 0.5) is 0 Å². The molecule has 0 aliphatic heterocycles. The molecule has 0 bridgehead atoms. The number of rotatable bonds is 2. The van der Waals surface area contributed by atoms with Gasteiger partial charge < -0.3 is 0 Å². The summed E-state index contributed by atoms with van der Waals surface area (Å²) in [5, 5.41) is 0.696. The molecule has 11 heavy (non-hydrogen) atoms.